The fraction of sp³-hybridized carbons (Fsp3) is 0.875. The second kappa shape index (κ2) is 5.95. The van der Waals surface area contributed by atoms with Gasteiger partial charge in [-0.1, -0.05) is 19.3 Å². The first kappa shape index (κ1) is 14.8. The minimum Gasteiger partial charge on any atom is -0.369 e. The number of carbonyl (C=O) groups excluding carboxylic acids is 2. The van der Waals surface area contributed by atoms with Crippen LogP contribution in [0.15, 0.2) is 0 Å². The van der Waals surface area contributed by atoms with E-state index in [0.717, 1.165) is 38.9 Å². The average molecular weight is 293 g/mol. The van der Waals surface area contributed by atoms with Crippen molar-refractivity contribution in [1.82, 2.24) is 9.80 Å². The fourth-order valence-corrected chi connectivity index (χ4v) is 4.53. The third-order valence-corrected chi connectivity index (χ3v) is 5.60. The molecule has 2 saturated heterocycles. The maximum Gasteiger partial charge on any atom is 0.231 e. The Morgan fingerprint density at radius 2 is 1.90 bits per heavy atom. The van der Waals surface area contributed by atoms with E-state index in [4.69, 9.17) is 5.73 Å². The summed E-state index contributed by atoms with van der Waals surface area (Å²) in [7, 11) is 0. The molecule has 21 heavy (non-hydrogen) atoms. The molecule has 1 aliphatic carbocycles. The Labute approximate surface area is 126 Å². The molecule has 2 aliphatic heterocycles. The molecule has 1 spiro atoms. The van der Waals surface area contributed by atoms with E-state index in [-0.39, 0.29) is 11.3 Å². The Kier molecular flexibility index (Phi) is 4.20. The number of nitrogens with two attached hydrogens (primary N) is 1. The van der Waals surface area contributed by atoms with E-state index in [9.17, 15) is 9.59 Å². The van der Waals surface area contributed by atoms with Gasteiger partial charge in [-0.15, -0.1) is 0 Å². The van der Waals surface area contributed by atoms with E-state index < -0.39 is 0 Å². The number of primary amides is 1. The third kappa shape index (κ3) is 2.93. The molecule has 118 valence electrons. The second-order valence-electron chi connectivity index (χ2n) is 7.10. The molecule has 0 radical (unpaired) electrons. The average Bonchev–Trinajstić information content (AvgIpc) is 2.86. The van der Waals surface area contributed by atoms with Crippen molar-refractivity contribution in [1.29, 1.82) is 0 Å². The van der Waals surface area contributed by atoms with Gasteiger partial charge in [-0.25, -0.2) is 0 Å². The lowest BCUT2D eigenvalue weighted by Gasteiger charge is -2.44. The number of nitrogens with zero attached hydrogens (tertiary/aromatic N) is 2. The molecule has 2 heterocycles. The van der Waals surface area contributed by atoms with Crippen LogP contribution in [0.5, 0.6) is 0 Å². The van der Waals surface area contributed by atoms with Gasteiger partial charge in [0, 0.05) is 19.1 Å². The molecule has 1 unspecified atom stereocenters. The van der Waals surface area contributed by atoms with E-state index in [0.29, 0.717) is 18.5 Å². The molecule has 1 saturated carbocycles. The van der Waals surface area contributed by atoms with Crippen molar-refractivity contribution in [3.63, 3.8) is 0 Å². The minimum absolute atomic E-state index is 0.231. The van der Waals surface area contributed by atoms with Crippen molar-refractivity contribution < 1.29 is 9.59 Å². The van der Waals surface area contributed by atoms with Gasteiger partial charge in [0.2, 0.25) is 11.8 Å². The topological polar surface area (TPSA) is 66.6 Å². The molecular formula is C16H27N3O2. The summed E-state index contributed by atoms with van der Waals surface area (Å²) in [5.74, 6) is 0.0621. The minimum atomic E-state index is -0.292. The quantitative estimate of drug-likeness (QED) is 0.848. The molecule has 2 amide bonds. The molecule has 3 rings (SSSR count). The van der Waals surface area contributed by atoms with E-state index in [1.54, 1.807) is 0 Å². The normalized spacial score (nSPS) is 32.0. The van der Waals surface area contributed by atoms with E-state index in [1.807, 2.05) is 0 Å². The van der Waals surface area contributed by atoms with Crippen molar-refractivity contribution >= 4 is 11.8 Å². The maximum atomic E-state index is 13.1. The summed E-state index contributed by atoms with van der Waals surface area (Å²) in [6, 6.07) is 0.466. The number of hydrogen-bond donors (Lipinski definition) is 1. The largest absolute Gasteiger partial charge is 0.369 e. The Morgan fingerprint density at radius 3 is 2.62 bits per heavy atom. The van der Waals surface area contributed by atoms with Gasteiger partial charge in [0.05, 0.1) is 12.0 Å². The molecule has 2 N–H and O–H groups in total. The molecule has 3 aliphatic rings. The summed E-state index contributed by atoms with van der Waals surface area (Å²) in [4.78, 5) is 28.4. The lowest BCUT2D eigenvalue weighted by Crippen LogP contribution is -2.54. The highest BCUT2D eigenvalue weighted by Crippen LogP contribution is 2.41. The van der Waals surface area contributed by atoms with Crippen molar-refractivity contribution in [3.8, 4) is 0 Å². The van der Waals surface area contributed by atoms with Crippen LogP contribution in [0.1, 0.15) is 51.4 Å². The second-order valence-corrected chi connectivity index (χ2v) is 7.10. The molecule has 3 fully saturated rings. The van der Waals surface area contributed by atoms with Crippen molar-refractivity contribution in [2.24, 2.45) is 11.1 Å². The fourth-order valence-electron chi connectivity index (χ4n) is 4.53. The zero-order valence-corrected chi connectivity index (χ0v) is 12.9. The van der Waals surface area contributed by atoms with E-state index in [1.165, 1.54) is 32.1 Å². The standard InChI is InChI=1S/C16H27N3O2/c17-14(20)11-18-10-8-16(12-18)7-4-9-19(15(16)21)13-5-2-1-3-6-13/h13H,1-12H2,(H2,17,20). The highest BCUT2D eigenvalue weighted by molar-refractivity contribution is 5.84. The van der Waals surface area contributed by atoms with E-state index in [2.05, 4.69) is 9.80 Å². The van der Waals surface area contributed by atoms with Crippen LogP contribution in [0.4, 0.5) is 0 Å². The number of carbonyl (C=O) groups is 2. The first-order valence-electron chi connectivity index (χ1n) is 8.42. The summed E-state index contributed by atoms with van der Waals surface area (Å²) >= 11 is 0. The van der Waals surface area contributed by atoms with Crippen LogP contribution in [0.2, 0.25) is 0 Å². The van der Waals surface area contributed by atoms with Crippen LogP contribution < -0.4 is 5.73 Å². The molecule has 5 heteroatoms. The molecule has 0 aromatic carbocycles. The van der Waals surface area contributed by atoms with Crippen LogP contribution in [0.25, 0.3) is 0 Å². The van der Waals surface area contributed by atoms with Crippen LogP contribution in [-0.4, -0.2) is 53.8 Å². The van der Waals surface area contributed by atoms with Crippen LogP contribution >= 0.6 is 0 Å². The van der Waals surface area contributed by atoms with Crippen LogP contribution in [-0.2, 0) is 9.59 Å². The number of rotatable bonds is 3. The number of amides is 2. The summed E-state index contributed by atoms with van der Waals surface area (Å²) < 4.78 is 0. The number of hydrogen-bond acceptors (Lipinski definition) is 3. The Morgan fingerprint density at radius 1 is 1.14 bits per heavy atom. The van der Waals surface area contributed by atoms with Gasteiger partial charge in [0.1, 0.15) is 0 Å². The monoisotopic (exact) mass is 293 g/mol. The molecule has 5 nitrogen and oxygen atoms in total. The van der Waals surface area contributed by atoms with E-state index >= 15 is 0 Å². The summed E-state index contributed by atoms with van der Waals surface area (Å²) in [6.07, 6.45) is 9.15. The highest BCUT2D eigenvalue weighted by atomic mass is 16.2. The number of piperidine rings is 1. The first-order valence-corrected chi connectivity index (χ1v) is 8.42. The molecule has 0 bridgehead atoms. The third-order valence-electron chi connectivity index (χ3n) is 5.60. The number of likely N-dealkylation sites (tertiary alicyclic amines) is 2. The van der Waals surface area contributed by atoms with Gasteiger partial charge in [-0.05, 0) is 38.6 Å². The van der Waals surface area contributed by atoms with Gasteiger partial charge in [0.15, 0.2) is 0 Å². The van der Waals surface area contributed by atoms with Crippen molar-refractivity contribution in [2.75, 3.05) is 26.2 Å². The summed E-state index contributed by atoms with van der Waals surface area (Å²) in [6.45, 7) is 2.77. The zero-order chi connectivity index (χ0) is 14.9. The van der Waals surface area contributed by atoms with Gasteiger partial charge < -0.3 is 10.6 Å². The lowest BCUT2D eigenvalue weighted by atomic mass is 9.77. The van der Waals surface area contributed by atoms with Gasteiger partial charge >= 0.3 is 0 Å². The predicted molar refractivity (Wildman–Crippen MR) is 80.5 cm³/mol. The van der Waals surface area contributed by atoms with Gasteiger partial charge in [-0.2, -0.15) is 0 Å². The first-order chi connectivity index (χ1) is 10.1. The molecule has 1 atom stereocenters. The van der Waals surface area contributed by atoms with Crippen molar-refractivity contribution in [2.45, 2.75) is 57.4 Å². The molecule has 0 aromatic rings. The zero-order valence-electron chi connectivity index (χ0n) is 12.9. The summed E-state index contributed by atoms with van der Waals surface area (Å²) in [5, 5.41) is 0. The Balaban J connectivity index is 1.68. The van der Waals surface area contributed by atoms with Crippen LogP contribution in [0.3, 0.4) is 0 Å². The van der Waals surface area contributed by atoms with Crippen LogP contribution in [0, 0.1) is 5.41 Å². The maximum absolute atomic E-state index is 13.1. The van der Waals surface area contributed by atoms with Crippen molar-refractivity contribution in [3.05, 3.63) is 0 Å². The summed E-state index contributed by atoms with van der Waals surface area (Å²) in [5.41, 5.74) is 5.06. The Bertz CT molecular complexity index is 420. The molecular weight excluding hydrogens is 266 g/mol. The molecule has 0 aromatic heterocycles. The Hall–Kier alpha value is -1.10. The van der Waals surface area contributed by atoms with Gasteiger partial charge in [0.25, 0.3) is 0 Å². The predicted octanol–water partition coefficient (Wildman–Crippen LogP) is 1.12. The lowest BCUT2D eigenvalue weighted by molar-refractivity contribution is -0.149. The SMILES string of the molecule is NC(=O)CN1CCC2(CCCN(C3CCCCC3)C2=O)C1. The highest BCUT2D eigenvalue weighted by Gasteiger charge is 2.49. The van der Waals surface area contributed by atoms with Gasteiger partial charge in [-0.3, -0.25) is 14.5 Å². The smallest absolute Gasteiger partial charge is 0.231 e.